The Hall–Kier alpha value is 0.190. The minimum atomic E-state index is 0.456. The molecule has 0 aliphatic heterocycles. The molecule has 0 radical (unpaired) electrons. The molecule has 0 aliphatic rings. The molecule has 0 heterocycles. The fraction of sp³-hybridized carbons (Fsp3) is 1.00. The topological polar surface area (TPSA) is 47.9 Å². The summed E-state index contributed by atoms with van der Waals surface area (Å²) in [6.45, 7) is 0.456. The quantitative estimate of drug-likeness (QED) is 0.245. The summed E-state index contributed by atoms with van der Waals surface area (Å²) in [7, 11) is 0. The molecule has 0 aromatic rings. The minimum absolute atomic E-state index is 0.456. The summed E-state index contributed by atoms with van der Waals surface area (Å²) in [6.07, 6.45) is 8.32. The summed E-state index contributed by atoms with van der Waals surface area (Å²) >= 11 is 4.15. The predicted octanol–water partition coefficient (Wildman–Crippen LogP) is 3.00. The Morgan fingerprint density at radius 3 is 2.00 bits per heavy atom. The van der Waals surface area contributed by atoms with Crippen LogP contribution in [-0.2, 0) is 15.0 Å². The fourth-order valence-electron chi connectivity index (χ4n) is 1.21. The molecular formula is C9H20O4S. The van der Waals surface area contributed by atoms with Crippen LogP contribution >= 0.6 is 12.6 Å². The summed E-state index contributed by atoms with van der Waals surface area (Å²) < 4.78 is 0. The predicted molar refractivity (Wildman–Crippen MR) is 56.9 cm³/mol. The van der Waals surface area contributed by atoms with Crippen molar-refractivity contribution in [3.8, 4) is 0 Å². The van der Waals surface area contributed by atoms with Gasteiger partial charge in [-0.2, -0.15) is 12.6 Å². The van der Waals surface area contributed by atoms with Gasteiger partial charge < -0.3 is 0 Å². The molecule has 0 spiro atoms. The van der Waals surface area contributed by atoms with Crippen molar-refractivity contribution in [1.82, 2.24) is 0 Å². The van der Waals surface area contributed by atoms with E-state index in [-0.39, 0.29) is 0 Å². The molecule has 0 unspecified atom stereocenters. The van der Waals surface area contributed by atoms with Crippen LogP contribution in [-0.4, -0.2) is 17.6 Å². The van der Waals surface area contributed by atoms with Gasteiger partial charge in [-0.3, -0.25) is 0 Å². The highest BCUT2D eigenvalue weighted by Gasteiger charge is 1.92. The van der Waals surface area contributed by atoms with Crippen LogP contribution in [0.5, 0.6) is 0 Å². The van der Waals surface area contributed by atoms with E-state index in [1.165, 1.54) is 32.1 Å². The monoisotopic (exact) mass is 224 g/mol. The van der Waals surface area contributed by atoms with Gasteiger partial charge in [0.25, 0.3) is 0 Å². The molecule has 0 bridgehead atoms. The molecule has 86 valence electrons. The van der Waals surface area contributed by atoms with Gasteiger partial charge in [-0.25, -0.2) is 10.1 Å². The lowest BCUT2D eigenvalue weighted by Gasteiger charge is -2.00. The molecule has 0 saturated heterocycles. The summed E-state index contributed by atoms with van der Waals surface area (Å²) in [5, 5.41) is 14.9. The van der Waals surface area contributed by atoms with Gasteiger partial charge in [0.1, 0.15) is 0 Å². The normalized spacial score (nSPS) is 10.7. The molecule has 0 amide bonds. The van der Waals surface area contributed by atoms with E-state index < -0.39 is 0 Å². The third-order valence-corrected chi connectivity index (χ3v) is 2.28. The van der Waals surface area contributed by atoms with Crippen molar-refractivity contribution >= 4 is 12.6 Å². The first-order valence-electron chi connectivity index (χ1n) is 5.12. The van der Waals surface area contributed by atoms with Crippen molar-refractivity contribution in [2.75, 3.05) is 12.4 Å². The Labute approximate surface area is 90.7 Å². The number of hydrogen-bond donors (Lipinski definition) is 2. The van der Waals surface area contributed by atoms with Crippen LogP contribution in [0.3, 0.4) is 0 Å². The van der Waals surface area contributed by atoms with Crippen molar-refractivity contribution in [2.24, 2.45) is 0 Å². The Morgan fingerprint density at radius 1 is 0.857 bits per heavy atom. The van der Waals surface area contributed by atoms with Gasteiger partial charge in [-0.1, -0.05) is 32.1 Å². The van der Waals surface area contributed by atoms with E-state index in [0.717, 1.165) is 18.6 Å². The van der Waals surface area contributed by atoms with Gasteiger partial charge in [-0.05, 0) is 28.7 Å². The zero-order valence-electron chi connectivity index (χ0n) is 8.48. The molecule has 1 N–H and O–H groups in total. The highest BCUT2D eigenvalue weighted by molar-refractivity contribution is 7.80. The van der Waals surface area contributed by atoms with E-state index in [4.69, 9.17) is 5.26 Å². The first kappa shape index (κ1) is 14.2. The molecule has 14 heavy (non-hydrogen) atoms. The first-order chi connectivity index (χ1) is 6.91. The Balaban J connectivity index is 2.78. The van der Waals surface area contributed by atoms with Crippen molar-refractivity contribution in [2.45, 2.75) is 44.9 Å². The number of hydrogen-bond acceptors (Lipinski definition) is 5. The molecule has 0 fully saturated rings. The van der Waals surface area contributed by atoms with Gasteiger partial charge in [0.15, 0.2) is 0 Å². The van der Waals surface area contributed by atoms with Crippen LogP contribution in [0, 0.1) is 0 Å². The summed E-state index contributed by atoms with van der Waals surface area (Å²) in [4.78, 5) is 4.45. The highest BCUT2D eigenvalue weighted by Crippen LogP contribution is 2.07. The third kappa shape index (κ3) is 12.2. The van der Waals surface area contributed by atoms with Gasteiger partial charge in [-0.15, -0.1) is 0 Å². The lowest BCUT2D eigenvalue weighted by atomic mass is 10.1. The molecule has 0 rings (SSSR count). The lowest BCUT2D eigenvalue weighted by Crippen LogP contribution is -1.95. The maximum absolute atomic E-state index is 7.74. The van der Waals surface area contributed by atoms with Crippen molar-refractivity contribution < 1.29 is 20.2 Å². The van der Waals surface area contributed by atoms with Crippen molar-refractivity contribution in [3.63, 3.8) is 0 Å². The number of rotatable bonds is 11. The summed E-state index contributed by atoms with van der Waals surface area (Å²) in [5.74, 6) is 0.992. The lowest BCUT2D eigenvalue weighted by molar-refractivity contribution is -0.623. The molecule has 0 atom stereocenters. The van der Waals surface area contributed by atoms with Gasteiger partial charge >= 0.3 is 0 Å². The minimum Gasteiger partial charge on any atom is -0.219 e. The zero-order valence-corrected chi connectivity index (χ0v) is 9.38. The maximum atomic E-state index is 7.74. The third-order valence-electron chi connectivity index (χ3n) is 1.96. The largest absolute Gasteiger partial charge is 0.219 e. The van der Waals surface area contributed by atoms with Crippen LogP contribution in [0.4, 0.5) is 0 Å². The van der Waals surface area contributed by atoms with Crippen LogP contribution in [0.25, 0.3) is 0 Å². The van der Waals surface area contributed by atoms with E-state index in [2.05, 4.69) is 27.6 Å². The zero-order chi connectivity index (χ0) is 10.5. The van der Waals surface area contributed by atoms with Crippen LogP contribution in [0.2, 0.25) is 0 Å². The van der Waals surface area contributed by atoms with Crippen LogP contribution < -0.4 is 0 Å². The van der Waals surface area contributed by atoms with E-state index in [1.807, 2.05) is 0 Å². The number of unbranched alkanes of at least 4 members (excludes halogenated alkanes) is 6. The second-order valence-electron chi connectivity index (χ2n) is 3.16. The molecule has 0 aromatic heterocycles. The Morgan fingerprint density at radius 2 is 1.43 bits per heavy atom. The average Bonchev–Trinajstić information content (AvgIpc) is 2.21. The van der Waals surface area contributed by atoms with Crippen LogP contribution in [0.15, 0.2) is 0 Å². The Bertz CT molecular complexity index is 90.8. The molecule has 5 heteroatoms. The standard InChI is InChI=1S/C9H20O4S/c10-12-13-11-8-6-4-2-1-3-5-7-9-14/h10,14H,1-9H2. The van der Waals surface area contributed by atoms with Crippen LogP contribution in [0.1, 0.15) is 44.9 Å². The number of thiol groups is 1. The summed E-state index contributed by atoms with van der Waals surface area (Å²) in [5.41, 5.74) is 0. The fourth-order valence-corrected chi connectivity index (χ4v) is 1.44. The average molecular weight is 224 g/mol. The van der Waals surface area contributed by atoms with E-state index >= 15 is 0 Å². The van der Waals surface area contributed by atoms with E-state index in [0.29, 0.717) is 6.61 Å². The molecule has 0 aliphatic carbocycles. The first-order valence-corrected chi connectivity index (χ1v) is 5.75. The van der Waals surface area contributed by atoms with E-state index in [1.54, 1.807) is 0 Å². The van der Waals surface area contributed by atoms with Gasteiger partial charge in [0.05, 0.1) is 6.61 Å². The molecule has 4 nitrogen and oxygen atoms in total. The second-order valence-corrected chi connectivity index (χ2v) is 3.61. The van der Waals surface area contributed by atoms with Gasteiger partial charge in [0.2, 0.25) is 0 Å². The maximum Gasteiger partial charge on any atom is 0.0854 e. The van der Waals surface area contributed by atoms with Gasteiger partial charge in [0, 0.05) is 0 Å². The molecule has 0 aromatic carbocycles. The SMILES string of the molecule is OOOOCCCCCCCCCS. The molecule has 0 saturated carbocycles. The summed E-state index contributed by atoms with van der Waals surface area (Å²) in [6, 6.07) is 0. The second kappa shape index (κ2) is 13.2. The Kier molecular flexibility index (Phi) is 13.4. The highest BCUT2D eigenvalue weighted by atomic mass is 32.1. The van der Waals surface area contributed by atoms with E-state index in [9.17, 15) is 0 Å². The smallest absolute Gasteiger partial charge is 0.0854 e. The van der Waals surface area contributed by atoms with Crippen molar-refractivity contribution in [1.29, 1.82) is 0 Å². The van der Waals surface area contributed by atoms with Crippen molar-refractivity contribution in [3.05, 3.63) is 0 Å². The molecular weight excluding hydrogens is 204 g/mol.